The average molecular weight is 289 g/mol. The first kappa shape index (κ1) is 15.5. The highest BCUT2D eigenvalue weighted by molar-refractivity contribution is 5.33. The SMILES string of the molecule is COc1ccccc1CNCC(O)c1ccc(F)c(C)c1. The fraction of sp³-hybridized carbons (Fsp3) is 0.294. The number of nitrogens with one attached hydrogen (secondary N) is 1. The summed E-state index contributed by atoms with van der Waals surface area (Å²) in [6.07, 6.45) is -0.668. The Kier molecular flexibility index (Phi) is 5.31. The van der Waals surface area contributed by atoms with E-state index >= 15 is 0 Å². The normalized spacial score (nSPS) is 12.2. The Hall–Kier alpha value is -1.91. The van der Waals surface area contributed by atoms with Gasteiger partial charge in [0.1, 0.15) is 11.6 Å². The topological polar surface area (TPSA) is 41.5 Å². The first-order chi connectivity index (χ1) is 10.1. The predicted octanol–water partition coefficient (Wildman–Crippen LogP) is 2.97. The summed E-state index contributed by atoms with van der Waals surface area (Å²) in [5.41, 5.74) is 2.28. The number of ether oxygens (including phenoxy) is 1. The fourth-order valence-electron chi connectivity index (χ4n) is 2.19. The molecule has 2 N–H and O–H groups in total. The standard InChI is InChI=1S/C17H20FNO2/c1-12-9-13(7-8-15(12)18)16(20)11-19-10-14-5-3-4-6-17(14)21-2/h3-9,16,19-20H,10-11H2,1-2H3. The van der Waals surface area contributed by atoms with Gasteiger partial charge in [0.15, 0.2) is 0 Å². The van der Waals surface area contributed by atoms with Crippen LogP contribution in [-0.4, -0.2) is 18.8 Å². The number of para-hydroxylation sites is 1. The number of aryl methyl sites for hydroxylation is 1. The Balaban J connectivity index is 1.92. The highest BCUT2D eigenvalue weighted by Crippen LogP contribution is 2.18. The Morgan fingerprint density at radius 1 is 1.24 bits per heavy atom. The molecule has 1 unspecified atom stereocenters. The van der Waals surface area contributed by atoms with E-state index < -0.39 is 6.10 Å². The molecule has 0 radical (unpaired) electrons. The van der Waals surface area contributed by atoms with Gasteiger partial charge < -0.3 is 15.2 Å². The van der Waals surface area contributed by atoms with Gasteiger partial charge in [0, 0.05) is 18.7 Å². The number of hydrogen-bond donors (Lipinski definition) is 2. The molecule has 0 spiro atoms. The molecular formula is C17H20FNO2. The van der Waals surface area contributed by atoms with Crippen LogP contribution in [-0.2, 0) is 6.54 Å². The van der Waals surface area contributed by atoms with Crippen molar-refractivity contribution in [2.45, 2.75) is 19.6 Å². The number of halogens is 1. The van der Waals surface area contributed by atoms with Crippen LogP contribution in [0.3, 0.4) is 0 Å². The van der Waals surface area contributed by atoms with Gasteiger partial charge >= 0.3 is 0 Å². The molecule has 0 bridgehead atoms. The molecule has 0 aliphatic rings. The number of rotatable bonds is 6. The van der Waals surface area contributed by atoms with E-state index in [4.69, 9.17) is 4.74 Å². The van der Waals surface area contributed by atoms with Gasteiger partial charge in [0.05, 0.1) is 13.2 Å². The quantitative estimate of drug-likeness (QED) is 0.859. The van der Waals surface area contributed by atoms with E-state index in [0.29, 0.717) is 24.2 Å². The van der Waals surface area contributed by atoms with E-state index in [2.05, 4.69) is 5.32 Å². The summed E-state index contributed by atoms with van der Waals surface area (Å²) in [6, 6.07) is 12.4. The largest absolute Gasteiger partial charge is 0.496 e. The molecule has 1 atom stereocenters. The van der Waals surface area contributed by atoms with Crippen molar-refractivity contribution >= 4 is 0 Å². The first-order valence-corrected chi connectivity index (χ1v) is 6.88. The van der Waals surface area contributed by atoms with Gasteiger partial charge in [0.25, 0.3) is 0 Å². The monoisotopic (exact) mass is 289 g/mol. The molecule has 3 nitrogen and oxygen atoms in total. The van der Waals surface area contributed by atoms with Crippen molar-refractivity contribution in [2.24, 2.45) is 0 Å². The molecule has 112 valence electrons. The van der Waals surface area contributed by atoms with Crippen molar-refractivity contribution < 1.29 is 14.2 Å². The second-order valence-corrected chi connectivity index (χ2v) is 4.97. The lowest BCUT2D eigenvalue weighted by molar-refractivity contribution is 0.174. The Morgan fingerprint density at radius 2 is 2.00 bits per heavy atom. The summed E-state index contributed by atoms with van der Waals surface area (Å²) in [5, 5.41) is 13.3. The summed E-state index contributed by atoms with van der Waals surface area (Å²) in [6.45, 7) is 2.68. The van der Waals surface area contributed by atoms with Crippen LogP contribution in [0.2, 0.25) is 0 Å². The predicted molar refractivity (Wildman–Crippen MR) is 80.8 cm³/mol. The van der Waals surface area contributed by atoms with Crippen LogP contribution in [0.15, 0.2) is 42.5 Å². The molecule has 2 rings (SSSR count). The Morgan fingerprint density at radius 3 is 2.71 bits per heavy atom. The van der Waals surface area contributed by atoms with Crippen LogP contribution in [0.1, 0.15) is 22.8 Å². The Bertz CT molecular complexity index is 601. The summed E-state index contributed by atoms with van der Waals surface area (Å²) in [4.78, 5) is 0. The molecule has 21 heavy (non-hydrogen) atoms. The average Bonchev–Trinajstić information content (AvgIpc) is 2.50. The van der Waals surface area contributed by atoms with Gasteiger partial charge in [-0.25, -0.2) is 4.39 Å². The number of hydrogen-bond acceptors (Lipinski definition) is 3. The Labute approximate surface area is 124 Å². The molecule has 0 heterocycles. The molecule has 0 aliphatic carbocycles. The minimum Gasteiger partial charge on any atom is -0.496 e. The highest BCUT2D eigenvalue weighted by atomic mass is 19.1. The van der Waals surface area contributed by atoms with E-state index in [1.807, 2.05) is 24.3 Å². The zero-order chi connectivity index (χ0) is 15.2. The third-order valence-electron chi connectivity index (χ3n) is 3.41. The summed E-state index contributed by atoms with van der Waals surface area (Å²) in [7, 11) is 1.63. The summed E-state index contributed by atoms with van der Waals surface area (Å²) >= 11 is 0. The highest BCUT2D eigenvalue weighted by Gasteiger charge is 2.09. The van der Waals surface area contributed by atoms with Gasteiger partial charge in [-0.05, 0) is 30.2 Å². The van der Waals surface area contributed by atoms with Gasteiger partial charge in [-0.2, -0.15) is 0 Å². The van der Waals surface area contributed by atoms with Crippen molar-refractivity contribution in [2.75, 3.05) is 13.7 Å². The lowest BCUT2D eigenvalue weighted by Gasteiger charge is -2.14. The van der Waals surface area contributed by atoms with Crippen molar-refractivity contribution in [1.82, 2.24) is 5.32 Å². The van der Waals surface area contributed by atoms with Crippen LogP contribution >= 0.6 is 0 Å². The summed E-state index contributed by atoms with van der Waals surface area (Å²) in [5.74, 6) is 0.560. The van der Waals surface area contributed by atoms with Crippen LogP contribution in [0.4, 0.5) is 4.39 Å². The maximum atomic E-state index is 13.2. The molecular weight excluding hydrogens is 269 g/mol. The maximum Gasteiger partial charge on any atom is 0.126 e. The third kappa shape index (κ3) is 4.03. The van der Waals surface area contributed by atoms with Crippen LogP contribution < -0.4 is 10.1 Å². The lowest BCUT2D eigenvalue weighted by Crippen LogP contribution is -2.21. The minimum absolute atomic E-state index is 0.257. The van der Waals surface area contributed by atoms with Crippen molar-refractivity contribution in [3.8, 4) is 5.75 Å². The second-order valence-electron chi connectivity index (χ2n) is 4.97. The van der Waals surface area contributed by atoms with E-state index in [1.165, 1.54) is 6.07 Å². The molecule has 0 saturated carbocycles. The zero-order valence-electron chi connectivity index (χ0n) is 12.3. The molecule has 0 aromatic heterocycles. The van der Waals surface area contributed by atoms with E-state index in [1.54, 1.807) is 26.2 Å². The molecule has 4 heteroatoms. The number of benzene rings is 2. The van der Waals surface area contributed by atoms with Gasteiger partial charge in [0.2, 0.25) is 0 Å². The van der Waals surface area contributed by atoms with Gasteiger partial charge in [-0.3, -0.25) is 0 Å². The number of aliphatic hydroxyl groups is 1. The molecule has 0 amide bonds. The molecule has 2 aromatic carbocycles. The maximum absolute atomic E-state index is 13.2. The fourth-order valence-corrected chi connectivity index (χ4v) is 2.19. The number of aliphatic hydroxyl groups excluding tert-OH is 1. The third-order valence-corrected chi connectivity index (χ3v) is 3.41. The smallest absolute Gasteiger partial charge is 0.126 e. The van der Waals surface area contributed by atoms with E-state index in [0.717, 1.165) is 11.3 Å². The molecule has 0 aliphatic heterocycles. The van der Waals surface area contributed by atoms with E-state index in [-0.39, 0.29) is 5.82 Å². The summed E-state index contributed by atoms with van der Waals surface area (Å²) < 4.78 is 18.5. The van der Waals surface area contributed by atoms with Crippen LogP contribution in [0, 0.1) is 12.7 Å². The van der Waals surface area contributed by atoms with Crippen LogP contribution in [0.25, 0.3) is 0 Å². The molecule has 0 fully saturated rings. The molecule has 0 saturated heterocycles. The van der Waals surface area contributed by atoms with E-state index in [9.17, 15) is 9.50 Å². The van der Waals surface area contributed by atoms with Gasteiger partial charge in [-0.15, -0.1) is 0 Å². The van der Waals surface area contributed by atoms with Crippen molar-refractivity contribution in [1.29, 1.82) is 0 Å². The van der Waals surface area contributed by atoms with Crippen LogP contribution in [0.5, 0.6) is 5.75 Å². The minimum atomic E-state index is -0.668. The second kappa shape index (κ2) is 7.20. The zero-order valence-corrected chi connectivity index (χ0v) is 12.3. The number of methoxy groups -OCH3 is 1. The lowest BCUT2D eigenvalue weighted by atomic mass is 10.1. The van der Waals surface area contributed by atoms with Crippen molar-refractivity contribution in [3.63, 3.8) is 0 Å². The van der Waals surface area contributed by atoms with Crippen molar-refractivity contribution in [3.05, 3.63) is 65.0 Å². The first-order valence-electron chi connectivity index (χ1n) is 6.88. The van der Waals surface area contributed by atoms with Gasteiger partial charge in [-0.1, -0.05) is 30.3 Å². The molecule has 2 aromatic rings.